The summed E-state index contributed by atoms with van der Waals surface area (Å²) >= 11 is 0. The van der Waals surface area contributed by atoms with Gasteiger partial charge in [-0.25, -0.2) is 14.6 Å². The summed E-state index contributed by atoms with van der Waals surface area (Å²) in [4.78, 5) is 39.7. The molecule has 0 unspecified atom stereocenters. The monoisotopic (exact) mass is 285 g/mol. The van der Waals surface area contributed by atoms with Crippen molar-refractivity contribution in [3.05, 3.63) is 36.0 Å². The van der Waals surface area contributed by atoms with E-state index < -0.39 is 12.0 Å². The maximum atomic E-state index is 11.8. The van der Waals surface area contributed by atoms with Crippen LogP contribution in [0.25, 0.3) is 10.8 Å². The Hall–Kier alpha value is -2.96. The molecule has 1 fully saturated rings. The number of urea groups is 1. The van der Waals surface area contributed by atoms with Gasteiger partial charge in [0.05, 0.1) is 5.56 Å². The molecule has 2 N–H and O–H groups in total. The number of fused-ring (bicyclic) bond motifs is 1. The van der Waals surface area contributed by atoms with Gasteiger partial charge in [-0.3, -0.25) is 15.0 Å². The molecule has 21 heavy (non-hydrogen) atoms. The van der Waals surface area contributed by atoms with Crippen LogP contribution in [0.15, 0.2) is 30.5 Å². The van der Waals surface area contributed by atoms with Crippen molar-refractivity contribution in [2.75, 3.05) is 11.4 Å². The van der Waals surface area contributed by atoms with Crippen molar-refractivity contribution in [3.63, 3.8) is 0 Å². The van der Waals surface area contributed by atoms with Crippen molar-refractivity contribution < 1.29 is 19.5 Å². The summed E-state index contributed by atoms with van der Waals surface area (Å²) in [6.07, 6.45) is 1.70. The largest absolute Gasteiger partial charge is 0.478 e. The first-order chi connectivity index (χ1) is 10.1. The Morgan fingerprint density at radius 2 is 2.14 bits per heavy atom. The maximum Gasteiger partial charge on any atom is 0.336 e. The van der Waals surface area contributed by atoms with Gasteiger partial charge >= 0.3 is 12.0 Å². The van der Waals surface area contributed by atoms with Gasteiger partial charge in [0.1, 0.15) is 5.82 Å². The number of carbonyl (C=O) groups is 3. The third-order valence-electron chi connectivity index (χ3n) is 3.31. The Morgan fingerprint density at radius 3 is 2.86 bits per heavy atom. The molecule has 7 nitrogen and oxygen atoms in total. The highest BCUT2D eigenvalue weighted by molar-refractivity contribution is 6.07. The molecule has 1 aliphatic heterocycles. The lowest BCUT2D eigenvalue weighted by Crippen LogP contribution is -2.49. The minimum absolute atomic E-state index is 0.143. The minimum atomic E-state index is -1.05. The fourth-order valence-corrected chi connectivity index (χ4v) is 2.28. The number of carbonyl (C=O) groups excluding carboxylic acids is 2. The first-order valence-corrected chi connectivity index (χ1v) is 6.29. The van der Waals surface area contributed by atoms with Crippen LogP contribution in [0.4, 0.5) is 10.6 Å². The van der Waals surface area contributed by atoms with Crippen LogP contribution < -0.4 is 10.2 Å². The fourth-order valence-electron chi connectivity index (χ4n) is 2.28. The van der Waals surface area contributed by atoms with E-state index in [1.165, 1.54) is 17.2 Å². The van der Waals surface area contributed by atoms with E-state index in [1.54, 1.807) is 18.2 Å². The molecule has 1 aliphatic rings. The number of pyridine rings is 1. The van der Waals surface area contributed by atoms with Crippen molar-refractivity contribution in [1.29, 1.82) is 0 Å². The van der Waals surface area contributed by atoms with Crippen LogP contribution in [-0.4, -0.2) is 34.5 Å². The summed E-state index contributed by atoms with van der Waals surface area (Å²) in [6.45, 7) is 0.221. The number of carboxylic acids is 1. The molecule has 3 amide bonds. The first-order valence-electron chi connectivity index (χ1n) is 6.29. The van der Waals surface area contributed by atoms with Gasteiger partial charge in [-0.05, 0) is 12.1 Å². The summed E-state index contributed by atoms with van der Waals surface area (Å²) in [6, 6.07) is 5.88. The first kappa shape index (κ1) is 13.0. The van der Waals surface area contributed by atoms with E-state index in [4.69, 9.17) is 0 Å². The minimum Gasteiger partial charge on any atom is -0.478 e. The van der Waals surface area contributed by atoms with E-state index in [2.05, 4.69) is 10.3 Å². The van der Waals surface area contributed by atoms with Gasteiger partial charge in [0.25, 0.3) is 0 Å². The average Bonchev–Trinajstić information content (AvgIpc) is 2.46. The normalized spacial score (nSPS) is 15.1. The molecule has 106 valence electrons. The quantitative estimate of drug-likeness (QED) is 0.868. The number of amides is 3. The summed E-state index contributed by atoms with van der Waals surface area (Å²) in [7, 11) is 0. The number of aromatic carboxylic acids is 1. The Kier molecular flexibility index (Phi) is 3.02. The summed E-state index contributed by atoms with van der Waals surface area (Å²) in [5, 5.41) is 12.6. The second-order valence-corrected chi connectivity index (χ2v) is 4.63. The lowest BCUT2D eigenvalue weighted by Gasteiger charge is -2.25. The molecule has 0 aliphatic carbocycles. The van der Waals surface area contributed by atoms with Crippen molar-refractivity contribution in [3.8, 4) is 0 Å². The molecular weight excluding hydrogens is 274 g/mol. The van der Waals surface area contributed by atoms with E-state index in [9.17, 15) is 19.5 Å². The number of hydrogen-bond donors (Lipinski definition) is 2. The number of hydrogen-bond acceptors (Lipinski definition) is 4. The Balaban J connectivity index is 2.08. The second kappa shape index (κ2) is 4.86. The van der Waals surface area contributed by atoms with E-state index in [1.807, 2.05) is 0 Å². The number of carboxylic acid groups (broad SMARTS) is 1. The molecule has 1 aromatic heterocycles. The van der Waals surface area contributed by atoms with Crippen LogP contribution in [0, 0.1) is 0 Å². The van der Waals surface area contributed by atoms with Gasteiger partial charge < -0.3 is 5.11 Å². The SMILES string of the molecule is O=C1CCN(c2cc3c(C(=O)O)cccc3cn2)C(=O)N1. The Labute approximate surface area is 119 Å². The van der Waals surface area contributed by atoms with Gasteiger partial charge in [0, 0.05) is 29.9 Å². The number of anilines is 1. The predicted octanol–water partition coefficient (Wildman–Crippen LogP) is 1.38. The number of benzene rings is 1. The number of rotatable bonds is 2. The van der Waals surface area contributed by atoms with E-state index >= 15 is 0 Å². The molecule has 1 aromatic carbocycles. The molecule has 2 aromatic rings. The smallest absolute Gasteiger partial charge is 0.336 e. The van der Waals surface area contributed by atoms with Crippen molar-refractivity contribution in [2.24, 2.45) is 0 Å². The van der Waals surface area contributed by atoms with Crippen molar-refractivity contribution >= 4 is 34.5 Å². The summed E-state index contributed by atoms with van der Waals surface area (Å²) in [5.74, 6) is -1.06. The zero-order valence-corrected chi connectivity index (χ0v) is 10.9. The molecule has 1 saturated heterocycles. The van der Waals surface area contributed by atoms with Crippen LogP contribution in [0.1, 0.15) is 16.8 Å². The zero-order valence-electron chi connectivity index (χ0n) is 10.9. The van der Waals surface area contributed by atoms with Crippen LogP contribution >= 0.6 is 0 Å². The summed E-state index contributed by atoms with van der Waals surface area (Å²) in [5.41, 5.74) is 0.143. The predicted molar refractivity (Wildman–Crippen MR) is 74.2 cm³/mol. The van der Waals surface area contributed by atoms with Gasteiger partial charge in [0.2, 0.25) is 5.91 Å². The van der Waals surface area contributed by atoms with E-state index in [0.717, 1.165) is 0 Å². The average molecular weight is 285 g/mol. The van der Waals surface area contributed by atoms with Crippen LogP contribution in [0.5, 0.6) is 0 Å². The number of imide groups is 1. The number of nitrogens with zero attached hydrogens (tertiary/aromatic N) is 2. The van der Waals surface area contributed by atoms with Gasteiger partial charge in [-0.2, -0.15) is 0 Å². The fraction of sp³-hybridized carbons (Fsp3) is 0.143. The van der Waals surface area contributed by atoms with E-state index in [-0.39, 0.29) is 24.4 Å². The highest BCUT2D eigenvalue weighted by Crippen LogP contribution is 2.24. The highest BCUT2D eigenvalue weighted by Gasteiger charge is 2.25. The van der Waals surface area contributed by atoms with E-state index in [0.29, 0.717) is 16.6 Å². The molecule has 2 heterocycles. The lowest BCUT2D eigenvalue weighted by atomic mass is 10.1. The number of nitrogens with one attached hydrogen (secondary N) is 1. The maximum absolute atomic E-state index is 11.8. The summed E-state index contributed by atoms with van der Waals surface area (Å²) < 4.78 is 0. The van der Waals surface area contributed by atoms with Crippen molar-refractivity contribution in [2.45, 2.75) is 6.42 Å². The zero-order chi connectivity index (χ0) is 15.0. The molecule has 0 spiro atoms. The third-order valence-corrected chi connectivity index (χ3v) is 3.31. The van der Waals surface area contributed by atoms with Crippen molar-refractivity contribution in [1.82, 2.24) is 10.3 Å². The standard InChI is InChI=1S/C14H11N3O4/c18-12-4-5-17(14(21)16-12)11-6-10-8(7-15-11)2-1-3-9(10)13(19)20/h1-3,6-7H,4-5H2,(H,19,20)(H,16,18,21). The molecule has 0 atom stereocenters. The molecule has 0 bridgehead atoms. The number of aromatic nitrogens is 1. The molecule has 0 radical (unpaired) electrons. The van der Waals surface area contributed by atoms with Crippen LogP contribution in [0.3, 0.4) is 0 Å². The van der Waals surface area contributed by atoms with Crippen LogP contribution in [0.2, 0.25) is 0 Å². The Bertz CT molecular complexity index is 772. The molecular formula is C14H11N3O4. The van der Waals surface area contributed by atoms with Gasteiger partial charge in [0.15, 0.2) is 0 Å². The molecule has 3 rings (SSSR count). The second-order valence-electron chi connectivity index (χ2n) is 4.63. The molecule has 7 heteroatoms. The highest BCUT2D eigenvalue weighted by atomic mass is 16.4. The Morgan fingerprint density at radius 1 is 1.33 bits per heavy atom. The van der Waals surface area contributed by atoms with Gasteiger partial charge in [-0.1, -0.05) is 12.1 Å². The topological polar surface area (TPSA) is 99.6 Å². The third kappa shape index (κ3) is 2.29. The lowest BCUT2D eigenvalue weighted by molar-refractivity contribution is -0.120. The van der Waals surface area contributed by atoms with Gasteiger partial charge in [-0.15, -0.1) is 0 Å². The molecule has 0 saturated carbocycles. The van der Waals surface area contributed by atoms with Crippen LogP contribution in [-0.2, 0) is 4.79 Å².